The second-order valence-electron chi connectivity index (χ2n) is 5.60. The van der Waals surface area contributed by atoms with Crippen LogP contribution < -0.4 is 5.73 Å². The van der Waals surface area contributed by atoms with E-state index in [9.17, 15) is 4.39 Å². The van der Waals surface area contributed by atoms with Crippen molar-refractivity contribution < 1.29 is 4.39 Å². The van der Waals surface area contributed by atoms with Crippen LogP contribution in [0.3, 0.4) is 0 Å². The molecule has 0 radical (unpaired) electrons. The number of benzene rings is 2. The lowest BCUT2D eigenvalue weighted by Crippen LogP contribution is -1.97. The van der Waals surface area contributed by atoms with Crippen molar-refractivity contribution in [2.75, 3.05) is 7.05 Å². The van der Waals surface area contributed by atoms with Crippen molar-refractivity contribution in [2.45, 2.75) is 6.92 Å². The molecule has 0 saturated carbocycles. The van der Waals surface area contributed by atoms with Gasteiger partial charge in [0.2, 0.25) is 0 Å². The molecule has 3 aromatic rings. The van der Waals surface area contributed by atoms with Crippen LogP contribution >= 0.6 is 0 Å². The molecule has 140 valence electrons. The van der Waals surface area contributed by atoms with E-state index < -0.39 is 0 Å². The zero-order chi connectivity index (χ0) is 20.5. The van der Waals surface area contributed by atoms with Crippen molar-refractivity contribution in [3.05, 3.63) is 83.4 Å². The Morgan fingerprint density at radius 3 is 2.61 bits per heavy atom. The van der Waals surface area contributed by atoms with Crippen LogP contribution in [0.1, 0.15) is 16.7 Å². The predicted molar refractivity (Wildman–Crippen MR) is 111 cm³/mol. The molecular weight excluding hydrogens is 353 g/mol. The second kappa shape index (κ2) is 9.86. The number of nitriles is 1. The van der Waals surface area contributed by atoms with Crippen LogP contribution in [0.25, 0.3) is 11.1 Å². The summed E-state index contributed by atoms with van der Waals surface area (Å²) >= 11 is 0. The van der Waals surface area contributed by atoms with Gasteiger partial charge in [0.05, 0.1) is 17.3 Å². The average molecular weight is 373 g/mol. The molecule has 6 heteroatoms. The largest absolute Gasteiger partial charge is 0.333 e. The molecule has 0 bridgehead atoms. The predicted octanol–water partition coefficient (Wildman–Crippen LogP) is 4.42. The number of hydrogen-bond donors (Lipinski definition) is 1. The van der Waals surface area contributed by atoms with Gasteiger partial charge in [0.25, 0.3) is 0 Å². The minimum atomic E-state index is -0.379. The standard InChI is InChI=1S/C21H15FN4.CH5N/c1-14-19(26-21(24-2)17-7-4-10-25-13-17)9-8-18(20(14)22)16-6-3-5-15(11-16)12-23;1-2/h3-11,13H,2H2,1H3;2H2,1H3. The Morgan fingerprint density at radius 1 is 1.18 bits per heavy atom. The van der Waals surface area contributed by atoms with Crippen LogP contribution in [-0.2, 0) is 0 Å². The number of pyridine rings is 1. The van der Waals surface area contributed by atoms with Crippen molar-refractivity contribution >= 4 is 18.2 Å². The Bertz CT molecular complexity index is 1040. The maximum atomic E-state index is 14.9. The zero-order valence-corrected chi connectivity index (χ0v) is 15.7. The molecule has 0 amide bonds. The number of hydrogen-bond acceptors (Lipinski definition) is 4. The van der Waals surface area contributed by atoms with Gasteiger partial charge in [0.15, 0.2) is 5.84 Å². The van der Waals surface area contributed by atoms with Gasteiger partial charge >= 0.3 is 0 Å². The van der Waals surface area contributed by atoms with Crippen LogP contribution in [0, 0.1) is 24.1 Å². The maximum Gasteiger partial charge on any atom is 0.160 e. The number of halogens is 1. The molecule has 1 heterocycles. The summed E-state index contributed by atoms with van der Waals surface area (Å²) in [7, 11) is 1.50. The van der Waals surface area contributed by atoms with E-state index in [0.29, 0.717) is 39.3 Å². The summed E-state index contributed by atoms with van der Waals surface area (Å²) in [5.41, 5.74) is 7.62. The lowest BCUT2D eigenvalue weighted by molar-refractivity contribution is 0.622. The van der Waals surface area contributed by atoms with E-state index in [1.54, 1.807) is 61.8 Å². The summed E-state index contributed by atoms with van der Waals surface area (Å²) < 4.78 is 14.9. The molecule has 2 aromatic carbocycles. The van der Waals surface area contributed by atoms with E-state index in [1.807, 2.05) is 6.07 Å². The molecule has 3 rings (SSSR count). The molecule has 1 aromatic heterocycles. The summed E-state index contributed by atoms with van der Waals surface area (Å²) in [6, 6.07) is 15.9. The van der Waals surface area contributed by atoms with Gasteiger partial charge < -0.3 is 5.73 Å². The van der Waals surface area contributed by atoms with Gasteiger partial charge in [-0.1, -0.05) is 12.1 Å². The van der Waals surface area contributed by atoms with Crippen LogP contribution in [-0.4, -0.2) is 24.6 Å². The quantitative estimate of drug-likeness (QED) is 0.544. The van der Waals surface area contributed by atoms with E-state index in [0.717, 1.165) is 0 Å². The van der Waals surface area contributed by atoms with E-state index in [1.165, 1.54) is 7.05 Å². The summed E-state index contributed by atoms with van der Waals surface area (Å²) in [5.74, 6) is -0.00392. The number of amidine groups is 1. The third kappa shape index (κ3) is 4.53. The molecule has 0 saturated heterocycles. The summed E-state index contributed by atoms with van der Waals surface area (Å²) in [5, 5.41) is 9.03. The average Bonchev–Trinajstić information content (AvgIpc) is 2.77. The minimum Gasteiger partial charge on any atom is -0.333 e. The van der Waals surface area contributed by atoms with Gasteiger partial charge in [-0.15, -0.1) is 0 Å². The number of nitrogens with two attached hydrogens (primary N) is 1. The van der Waals surface area contributed by atoms with Crippen LogP contribution in [0.15, 0.2) is 70.9 Å². The smallest absolute Gasteiger partial charge is 0.160 e. The fraction of sp³-hybridized carbons (Fsp3) is 0.0909. The topological polar surface area (TPSA) is 87.4 Å². The fourth-order valence-electron chi connectivity index (χ4n) is 2.58. The molecule has 2 N–H and O–H groups in total. The number of nitrogens with zero attached hydrogens (tertiary/aromatic N) is 4. The normalized spacial score (nSPS) is 10.5. The first-order valence-corrected chi connectivity index (χ1v) is 8.47. The number of aromatic nitrogens is 1. The Kier molecular flexibility index (Phi) is 7.26. The second-order valence-corrected chi connectivity index (χ2v) is 5.60. The lowest BCUT2D eigenvalue weighted by Gasteiger charge is -2.09. The van der Waals surface area contributed by atoms with Crippen LogP contribution in [0.2, 0.25) is 0 Å². The van der Waals surface area contributed by atoms with Crippen LogP contribution in [0.5, 0.6) is 0 Å². The van der Waals surface area contributed by atoms with Gasteiger partial charge in [-0.3, -0.25) is 4.98 Å². The molecule has 0 fully saturated rings. The minimum absolute atomic E-state index is 0.375. The molecule has 0 spiro atoms. The van der Waals surface area contributed by atoms with Gasteiger partial charge in [-0.25, -0.2) is 14.4 Å². The van der Waals surface area contributed by atoms with Gasteiger partial charge in [0.1, 0.15) is 5.82 Å². The molecule has 0 aliphatic rings. The third-order valence-electron chi connectivity index (χ3n) is 3.96. The first-order chi connectivity index (χ1) is 13.6. The first-order valence-electron chi connectivity index (χ1n) is 8.47. The Balaban J connectivity index is 0.00000136. The van der Waals surface area contributed by atoms with E-state index in [2.05, 4.69) is 33.5 Å². The van der Waals surface area contributed by atoms with Gasteiger partial charge in [-0.2, -0.15) is 5.26 Å². The summed E-state index contributed by atoms with van der Waals surface area (Å²) in [4.78, 5) is 12.4. The molecule has 0 aliphatic heterocycles. The van der Waals surface area contributed by atoms with E-state index >= 15 is 0 Å². The number of aliphatic imine (C=N–C) groups is 2. The highest BCUT2D eigenvalue weighted by molar-refractivity contribution is 6.02. The molecular formula is C22H20FN5. The van der Waals surface area contributed by atoms with Crippen LogP contribution in [0.4, 0.5) is 10.1 Å². The Labute approximate surface area is 163 Å². The van der Waals surface area contributed by atoms with Gasteiger partial charge in [0, 0.05) is 29.1 Å². The number of rotatable bonds is 3. The molecule has 0 unspecified atom stereocenters. The molecule has 0 aliphatic carbocycles. The monoisotopic (exact) mass is 373 g/mol. The fourth-order valence-corrected chi connectivity index (χ4v) is 2.58. The summed E-state index contributed by atoms with van der Waals surface area (Å²) in [6.07, 6.45) is 3.28. The maximum absolute atomic E-state index is 14.9. The SMILES string of the molecule is C=NC(=Nc1ccc(-c2cccc(C#N)c2)c(F)c1C)c1cccnc1.CN. The lowest BCUT2D eigenvalue weighted by atomic mass is 10.00. The van der Waals surface area contributed by atoms with Crippen molar-refractivity contribution in [1.29, 1.82) is 5.26 Å². The highest BCUT2D eigenvalue weighted by Gasteiger charge is 2.13. The molecule has 0 atom stereocenters. The van der Waals surface area contributed by atoms with Crippen molar-refractivity contribution in [3.8, 4) is 17.2 Å². The Morgan fingerprint density at radius 2 is 1.96 bits per heavy atom. The Hall–Kier alpha value is -3.69. The summed E-state index contributed by atoms with van der Waals surface area (Å²) in [6.45, 7) is 5.20. The first kappa shape index (κ1) is 20.6. The molecule has 28 heavy (non-hydrogen) atoms. The van der Waals surface area contributed by atoms with Crippen molar-refractivity contribution in [2.24, 2.45) is 15.7 Å². The zero-order valence-electron chi connectivity index (χ0n) is 15.7. The highest BCUT2D eigenvalue weighted by Crippen LogP contribution is 2.31. The highest BCUT2D eigenvalue weighted by atomic mass is 19.1. The van der Waals surface area contributed by atoms with Gasteiger partial charge in [-0.05, 0) is 62.7 Å². The molecule has 5 nitrogen and oxygen atoms in total. The van der Waals surface area contributed by atoms with Crippen molar-refractivity contribution in [3.63, 3.8) is 0 Å². The van der Waals surface area contributed by atoms with E-state index in [4.69, 9.17) is 5.26 Å². The van der Waals surface area contributed by atoms with Crippen molar-refractivity contribution in [1.82, 2.24) is 4.98 Å². The third-order valence-corrected chi connectivity index (χ3v) is 3.96. The van der Waals surface area contributed by atoms with E-state index in [-0.39, 0.29) is 5.82 Å².